The maximum absolute atomic E-state index is 12.3. The van der Waals surface area contributed by atoms with Crippen LogP contribution in [0, 0.1) is 0 Å². The second-order valence-corrected chi connectivity index (χ2v) is 11.6. The normalized spacial score (nSPS) is 14.2. The first kappa shape index (κ1) is 34.5. The molecule has 0 saturated carbocycles. The highest BCUT2D eigenvalue weighted by molar-refractivity contribution is 7.52. The Balaban J connectivity index is 3.79. The third-order valence-corrected chi connectivity index (χ3v) is 7.65. The van der Waals surface area contributed by atoms with Crippen LogP contribution in [0.2, 0.25) is 0 Å². The van der Waals surface area contributed by atoms with E-state index in [1.165, 1.54) is 84.0 Å². The second kappa shape index (κ2) is 23.9. The van der Waals surface area contributed by atoms with Gasteiger partial charge in [-0.05, 0) is 19.5 Å². The lowest BCUT2D eigenvalue weighted by Gasteiger charge is -2.22. The highest BCUT2D eigenvalue weighted by Crippen LogP contribution is 2.41. The largest absolute Gasteiger partial charge is 0.458 e. The average molecular weight is 522 g/mol. The molecule has 0 aromatic rings. The van der Waals surface area contributed by atoms with E-state index in [1.54, 1.807) is 0 Å². The summed E-state index contributed by atoms with van der Waals surface area (Å²) in [6.45, 7) is 10.4. The number of esters is 1. The van der Waals surface area contributed by atoms with Gasteiger partial charge in [0.25, 0.3) is 0 Å². The van der Waals surface area contributed by atoms with E-state index in [4.69, 9.17) is 14.0 Å². The summed E-state index contributed by atoms with van der Waals surface area (Å²) in [7, 11) is -3.73. The molecule has 0 fully saturated rings. The Labute approximate surface area is 216 Å². The molecule has 0 aliphatic rings. The Kier molecular flexibility index (Phi) is 23.6. The molecule has 35 heavy (non-hydrogen) atoms. The first-order chi connectivity index (χ1) is 16.8. The lowest BCUT2D eigenvalue weighted by atomic mass is 10.0. The summed E-state index contributed by atoms with van der Waals surface area (Å²) in [5.41, 5.74) is 0. The van der Waals surface area contributed by atoms with Crippen molar-refractivity contribution in [1.82, 2.24) is 4.90 Å². The number of rotatable bonds is 26. The van der Waals surface area contributed by atoms with Crippen LogP contribution < -0.4 is 0 Å². The van der Waals surface area contributed by atoms with Gasteiger partial charge < -0.3 is 23.8 Å². The fourth-order valence-corrected chi connectivity index (χ4v) is 5.10. The van der Waals surface area contributed by atoms with Crippen molar-refractivity contribution >= 4 is 13.6 Å². The molecule has 0 aliphatic carbocycles. The summed E-state index contributed by atoms with van der Waals surface area (Å²) in [5, 5.41) is 0. The zero-order valence-corrected chi connectivity index (χ0v) is 24.2. The van der Waals surface area contributed by atoms with E-state index in [0.29, 0.717) is 13.2 Å². The van der Waals surface area contributed by atoms with Crippen LogP contribution in [0.25, 0.3) is 0 Å². The smallest absolute Gasteiger partial charge is 0.329 e. The van der Waals surface area contributed by atoms with Gasteiger partial charge in [0.05, 0.1) is 19.4 Å². The molecule has 8 heteroatoms. The summed E-state index contributed by atoms with van der Waals surface area (Å²) in [6, 6.07) is 0. The highest BCUT2D eigenvalue weighted by Gasteiger charge is 2.24. The highest BCUT2D eigenvalue weighted by atomic mass is 31.2. The predicted molar refractivity (Wildman–Crippen MR) is 145 cm³/mol. The Hall–Kier alpha value is -0.460. The second-order valence-electron chi connectivity index (χ2n) is 9.59. The van der Waals surface area contributed by atoms with E-state index in [1.807, 2.05) is 13.8 Å². The van der Waals surface area contributed by atoms with E-state index in [-0.39, 0.29) is 19.4 Å². The third kappa shape index (κ3) is 23.7. The zero-order valence-electron chi connectivity index (χ0n) is 23.3. The van der Waals surface area contributed by atoms with Gasteiger partial charge in [-0.3, -0.25) is 9.36 Å². The van der Waals surface area contributed by atoms with E-state index in [9.17, 15) is 14.3 Å². The van der Waals surface area contributed by atoms with Crippen molar-refractivity contribution in [2.24, 2.45) is 0 Å². The number of hydrogen-bond acceptors (Lipinski definition) is 6. The summed E-state index contributed by atoms with van der Waals surface area (Å²) in [5.74, 6) is -0.449. The minimum atomic E-state index is -3.73. The van der Waals surface area contributed by atoms with Gasteiger partial charge in [0.15, 0.2) is 0 Å². The van der Waals surface area contributed by atoms with Crippen LogP contribution in [-0.2, 0) is 23.4 Å². The van der Waals surface area contributed by atoms with Crippen LogP contribution in [0.4, 0.5) is 0 Å². The molecule has 2 atom stereocenters. The molecule has 0 aliphatic heterocycles. The fraction of sp³-hybridized carbons (Fsp3) is 0.963. The van der Waals surface area contributed by atoms with Crippen molar-refractivity contribution in [3.63, 3.8) is 0 Å². The molecule has 210 valence electrons. The topological polar surface area (TPSA) is 85.3 Å². The molecule has 0 saturated heterocycles. The van der Waals surface area contributed by atoms with E-state index in [2.05, 4.69) is 11.8 Å². The summed E-state index contributed by atoms with van der Waals surface area (Å²) in [4.78, 5) is 23.5. The molecule has 0 aromatic carbocycles. The van der Waals surface area contributed by atoms with Gasteiger partial charge in [0, 0.05) is 20.1 Å². The van der Waals surface area contributed by atoms with Gasteiger partial charge in [0.1, 0.15) is 6.10 Å². The first-order valence-electron chi connectivity index (χ1n) is 14.3. The molecule has 0 amide bonds. The monoisotopic (exact) mass is 521 g/mol. The fourth-order valence-electron chi connectivity index (χ4n) is 4.04. The molecule has 0 bridgehead atoms. The van der Waals surface area contributed by atoms with Gasteiger partial charge in [-0.15, -0.1) is 0 Å². The maximum Gasteiger partial charge on any atom is 0.329 e. The van der Waals surface area contributed by atoms with Gasteiger partial charge in [-0.25, -0.2) is 0 Å². The molecule has 2 unspecified atom stereocenters. The lowest BCUT2D eigenvalue weighted by molar-refractivity contribution is -0.151. The van der Waals surface area contributed by atoms with Crippen LogP contribution in [0.5, 0.6) is 0 Å². The van der Waals surface area contributed by atoms with Crippen LogP contribution >= 0.6 is 7.60 Å². The number of ether oxygens (including phenoxy) is 2. The molecule has 0 aromatic heterocycles. The number of unbranched alkanes of at least 4 members (excludes halogenated alkanes) is 13. The molecule has 0 spiro atoms. The van der Waals surface area contributed by atoms with Crippen molar-refractivity contribution in [3.8, 4) is 0 Å². The summed E-state index contributed by atoms with van der Waals surface area (Å²) < 4.78 is 28.4. The van der Waals surface area contributed by atoms with E-state index in [0.717, 1.165) is 25.9 Å². The molecular formula is C27H56NO6P. The van der Waals surface area contributed by atoms with Gasteiger partial charge in [0.2, 0.25) is 0 Å². The lowest BCUT2D eigenvalue weighted by Crippen LogP contribution is -2.29. The third-order valence-electron chi connectivity index (χ3n) is 6.33. The van der Waals surface area contributed by atoms with Crippen molar-refractivity contribution < 1.29 is 28.3 Å². The van der Waals surface area contributed by atoms with Crippen LogP contribution in [-0.4, -0.2) is 67.5 Å². The minimum Gasteiger partial charge on any atom is -0.458 e. The van der Waals surface area contributed by atoms with Gasteiger partial charge in [-0.2, -0.15) is 0 Å². The number of carbonyl (C=O) groups is 1. The zero-order chi connectivity index (χ0) is 26.2. The Morgan fingerprint density at radius 2 is 1.29 bits per heavy atom. The molecule has 0 rings (SSSR count). The molecule has 0 radical (unpaired) electrons. The average Bonchev–Trinajstić information content (AvgIpc) is 2.82. The number of carbonyl (C=O) groups excluding carboxylic acids is 1. The molecule has 0 heterocycles. The molecule has 1 N–H and O–H groups in total. The Morgan fingerprint density at radius 3 is 1.74 bits per heavy atom. The van der Waals surface area contributed by atoms with E-state index >= 15 is 0 Å². The van der Waals surface area contributed by atoms with Crippen molar-refractivity contribution in [3.05, 3.63) is 0 Å². The van der Waals surface area contributed by atoms with Crippen molar-refractivity contribution in [1.29, 1.82) is 0 Å². The predicted octanol–water partition coefficient (Wildman–Crippen LogP) is 6.96. The molecule has 7 nitrogen and oxygen atoms in total. The van der Waals surface area contributed by atoms with Crippen molar-refractivity contribution in [2.45, 2.75) is 124 Å². The maximum atomic E-state index is 12.3. The van der Waals surface area contributed by atoms with Gasteiger partial charge in [-0.1, -0.05) is 104 Å². The van der Waals surface area contributed by atoms with Crippen LogP contribution in [0.3, 0.4) is 0 Å². The van der Waals surface area contributed by atoms with Crippen LogP contribution in [0.1, 0.15) is 118 Å². The summed E-state index contributed by atoms with van der Waals surface area (Å²) >= 11 is 0. The number of hydrogen-bond donors (Lipinski definition) is 1. The minimum absolute atomic E-state index is 0.0569. The van der Waals surface area contributed by atoms with Gasteiger partial charge >= 0.3 is 13.6 Å². The number of nitrogens with zero attached hydrogens (tertiary/aromatic N) is 1. The quantitative estimate of drug-likeness (QED) is 0.0748. The summed E-state index contributed by atoms with van der Waals surface area (Å²) in [6.07, 6.45) is 17.7. The Morgan fingerprint density at radius 1 is 0.800 bits per heavy atom. The standard InChI is InChI=1S/C27H56NO6P/c1-5-8-9-10-11-12-13-14-15-16-17-18-19-20-22-32-24-27(34-26(4)29)25-33-35(30,31)23-21-28(6-2)7-3/h27H,5-25H2,1-4H3,(H,30,31). The SMILES string of the molecule is CCCCCCCCCCCCCCCCOCC(COP(=O)(O)CCN(CC)CC)OC(C)=O. The first-order valence-corrected chi connectivity index (χ1v) is 16.0. The van der Waals surface area contributed by atoms with Crippen molar-refractivity contribution in [2.75, 3.05) is 45.6 Å². The van der Waals surface area contributed by atoms with Crippen LogP contribution in [0.15, 0.2) is 0 Å². The van der Waals surface area contributed by atoms with E-state index < -0.39 is 19.7 Å². The molecular weight excluding hydrogens is 465 g/mol. The Bertz CT molecular complexity index is 530.